The number of rotatable bonds is 8. The highest BCUT2D eigenvalue weighted by atomic mass is 32.2. The first-order valence-electron chi connectivity index (χ1n) is 12.4. The highest BCUT2D eigenvalue weighted by molar-refractivity contribution is 8.00. The molecule has 9 heteroatoms. The lowest BCUT2D eigenvalue weighted by Gasteiger charge is -2.18. The molecule has 1 aliphatic carbocycles. The van der Waals surface area contributed by atoms with Gasteiger partial charge in [-0.05, 0) is 87.1 Å². The van der Waals surface area contributed by atoms with Gasteiger partial charge in [-0.15, -0.1) is 23.1 Å². The molecule has 0 spiro atoms. The summed E-state index contributed by atoms with van der Waals surface area (Å²) in [5.41, 5.74) is 3.30. The molecule has 1 amide bonds. The molecule has 2 aromatic carbocycles. The van der Waals surface area contributed by atoms with Crippen LogP contribution in [0.3, 0.4) is 0 Å². The van der Waals surface area contributed by atoms with E-state index in [0.29, 0.717) is 28.2 Å². The van der Waals surface area contributed by atoms with E-state index >= 15 is 0 Å². The van der Waals surface area contributed by atoms with Crippen LogP contribution in [-0.4, -0.2) is 28.8 Å². The fourth-order valence-electron chi connectivity index (χ4n) is 4.19. The zero-order chi connectivity index (χ0) is 26.4. The van der Waals surface area contributed by atoms with E-state index in [1.807, 2.05) is 61.5 Å². The average molecular weight is 554 g/mol. The van der Waals surface area contributed by atoms with Crippen LogP contribution in [0, 0.1) is 5.92 Å². The summed E-state index contributed by atoms with van der Waals surface area (Å²) in [5, 5.41) is 10.1. The van der Waals surface area contributed by atoms with Gasteiger partial charge in [-0.1, -0.05) is 31.2 Å². The minimum Gasteiger partial charge on any atom is -0.462 e. The topological polar surface area (TPSA) is 79.5 Å². The number of amides is 1. The van der Waals surface area contributed by atoms with Crippen molar-refractivity contribution < 1.29 is 14.3 Å². The Balaban J connectivity index is 1.41. The van der Waals surface area contributed by atoms with Gasteiger partial charge in [0.15, 0.2) is 5.11 Å². The van der Waals surface area contributed by atoms with Crippen molar-refractivity contribution in [3.8, 4) is 0 Å². The van der Waals surface area contributed by atoms with Gasteiger partial charge in [0.1, 0.15) is 5.00 Å². The third-order valence-electron chi connectivity index (χ3n) is 6.03. The van der Waals surface area contributed by atoms with Crippen molar-refractivity contribution >= 4 is 68.7 Å². The Kier molecular flexibility index (Phi) is 9.23. The zero-order valence-electron chi connectivity index (χ0n) is 21.1. The van der Waals surface area contributed by atoms with E-state index in [-0.39, 0.29) is 17.1 Å². The number of thioether (sulfide) groups is 1. The highest BCUT2D eigenvalue weighted by Gasteiger charge is 2.30. The Morgan fingerprint density at radius 2 is 1.84 bits per heavy atom. The molecule has 0 fully saturated rings. The molecule has 2 atom stereocenters. The molecule has 4 rings (SSSR count). The summed E-state index contributed by atoms with van der Waals surface area (Å²) in [6, 6.07) is 17.5. The summed E-state index contributed by atoms with van der Waals surface area (Å²) in [6.07, 6.45) is 2.79. The number of anilines is 3. The lowest BCUT2D eigenvalue weighted by Crippen LogP contribution is -2.23. The zero-order valence-corrected chi connectivity index (χ0v) is 23.6. The number of nitrogens with one attached hydrogen (secondary N) is 3. The molecule has 194 valence electrons. The molecule has 1 aliphatic rings. The molecule has 6 nitrogen and oxygen atoms in total. The number of thiophene rings is 1. The summed E-state index contributed by atoms with van der Waals surface area (Å²) in [4.78, 5) is 28.0. The number of thiocarbonyl (C=S) groups is 1. The Bertz CT molecular complexity index is 1280. The molecule has 0 bridgehead atoms. The molecule has 2 unspecified atom stereocenters. The van der Waals surface area contributed by atoms with E-state index in [1.54, 1.807) is 6.92 Å². The van der Waals surface area contributed by atoms with Crippen LogP contribution in [0.4, 0.5) is 16.4 Å². The normalized spacial score (nSPS) is 15.3. The summed E-state index contributed by atoms with van der Waals surface area (Å²) in [7, 11) is 0. The van der Waals surface area contributed by atoms with E-state index in [0.717, 1.165) is 41.1 Å². The van der Waals surface area contributed by atoms with Crippen molar-refractivity contribution in [3.63, 3.8) is 0 Å². The van der Waals surface area contributed by atoms with E-state index in [2.05, 4.69) is 22.9 Å². The fraction of sp³-hybridized carbons (Fsp3) is 0.321. The van der Waals surface area contributed by atoms with Gasteiger partial charge in [0.2, 0.25) is 5.91 Å². The Labute approximate surface area is 231 Å². The molecule has 37 heavy (non-hydrogen) atoms. The van der Waals surface area contributed by atoms with Crippen LogP contribution in [0.25, 0.3) is 0 Å². The molecular formula is C28H31N3O3S3. The maximum absolute atomic E-state index is 13.2. The van der Waals surface area contributed by atoms with Crippen molar-refractivity contribution in [2.24, 2.45) is 5.92 Å². The van der Waals surface area contributed by atoms with Crippen molar-refractivity contribution in [2.75, 3.05) is 22.6 Å². The summed E-state index contributed by atoms with van der Waals surface area (Å²) in [6.45, 7) is 6.18. The number of fused-ring (bicyclic) bond motifs is 1. The van der Waals surface area contributed by atoms with Gasteiger partial charge in [0, 0.05) is 21.1 Å². The second kappa shape index (κ2) is 12.6. The van der Waals surface area contributed by atoms with E-state index in [9.17, 15) is 9.59 Å². The molecule has 0 saturated carbocycles. The third kappa shape index (κ3) is 7.12. The van der Waals surface area contributed by atoms with Crippen molar-refractivity contribution in [2.45, 2.75) is 50.2 Å². The van der Waals surface area contributed by atoms with Crippen molar-refractivity contribution in [3.05, 3.63) is 70.6 Å². The molecule has 0 saturated heterocycles. The van der Waals surface area contributed by atoms with Crippen LogP contribution >= 0.6 is 35.3 Å². The monoisotopic (exact) mass is 553 g/mol. The lowest BCUT2D eigenvalue weighted by molar-refractivity contribution is -0.115. The highest BCUT2D eigenvalue weighted by Crippen LogP contribution is 2.40. The first-order valence-corrected chi connectivity index (χ1v) is 14.5. The predicted molar refractivity (Wildman–Crippen MR) is 158 cm³/mol. The van der Waals surface area contributed by atoms with Crippen LogP contribution in [0.15, 0.2) is 59.5 Å². The van der Waals surface area contributed by atoms with E-state index < -0.39 is 0 Å². The van der Waals surface area contributed by atoms with Crippen LogP contribution in [0.2, 0.25) is 0 Å². The number of carbonyl (C=O) groups excluding carboxylic acids is 2. The number of esters is 1. The maximum Gasteiger partial charge on any atom is 0.341 e. The largest absolute Gasteiger partial charge is 0.462 e. The molecule has 0 aliphatic heterocycles. The maximum atomic E-state index is 13.2. The average Bonchev–Trinajstić information content (AvgIpc) is 3.21. The fourth-order valence-corrected chi connectivity index (χ4v) is 6.76. The second-order valence-corrected chi connectivity index (χ2v) is 11.9. The molecule has 1 aromatic heterocycles. The van der Waals surface area contributed by atoms with Gasteiger partial charge in [-0.25, -0.2) is 4.79 Å². The van der Waals surface area contributed by atoms with Gasteiger partial charge in [0.25, 0.3) is 0 Å². The number of hydrogen-bond acceptors (Lipinski definition) is 6. The van der Waals surface area contributed by atoms with E-state index in [4.69, 9.17) is 17.0 Å². The molecular weight excluding hydrogens is 523 g/mol. The van der Waals surface area contributed by atoms with Gasteiger partial charge in [-0.2, -0.15) is 0 Å². The molecule has 0 radical (unpaired) electrons. The summed E-state index contributed by atoms with van der Waals surface area (Å²) < 4.78 is 5.33. The van der Waals surface area contributed by atoms with Gasteiger partial charge < -0.3 is 20.7 Å². The predicted octanol–water partition coefficient (Wildman–Crippen LogP) is 6.98. The smallest absolute Gasteiger partial charge is 0.341 e. The van der Waals surface area contributed by atoms with Gasteiger partial charge in [0.05, 0.1) is 17.4 Å². The van der Waals surface area contributed by atoms with Crippen molar-refractivity contribution in [1.29, 1.82) is 0 Å². The third-order valence-corrected chi connectivity index (χ3v) is 8.50. The molecule has 1 heterocycles. The number of para-hydroxylation sites is 1. The quantitative estimate of drug-likeness (QED) is 0.158. The SMILES string of the molecule is CCOC(=O)c1c(NC(=O)C(C)Sc2cccc(NC(=S)Nc3ccccc3)c2)sc2c1CCC(C)C2. The number of hydrogen-bond donors (Lipinski definition) is 3. The lowest BCUT2D eigenvalue weighted by atomic mass is 9.88. The first kappa shape index (κ1) is 27.2. The Morgan fingerprint density at radius 1 is 1.11 bits per heavy atom. The van der Waals surface area contributed by atoms with Crippen LogP contribution in [0.5, 0.6) is 0 Å². The Morgan fingerprint density at radius 3 is 2.59 bits per heavy atom. The van der Waals surface area contributed by atoms with Crippen LogP contribution in [-0.2, 0) is 22.4 Å². The number of benzene rings is 2. The van der Waals surface area contributed by atoms with Gasteiger partial charge >= 0.3 is 5.97 Å². The minimum atomic E-state index is -0.377. The molecule has 3 N–H and O–H groups in total. The summed E-state index contributed by atoms with van der Waals surface area (Å²) >= 11 is 8.39. The van der Waals surface area contributed by atoms with Crippen LogP contribution < -0.4 is 16.0 Å². The number of carbonyl (C=O) groups is 2. The first-order chi connectivity index (χ1) is 17.8. The van der Waals surface area contributed by atoms with Crippen molar-refractivity contribution in [1.82, 2.24) is 0 Å². The van der Waals surface area contributed by atoms with Gasteiger partial charge in [-0.3, -0.25) is 4.79 Å². The van der Waals surface area contributed by atoms with Crippen LogP contribution in [0.1, 0.15) is 48.0 Å². The minimum absolute atomic E-state index is 0.151. The molecule has 3 aromatic rings. The van der Waals surface area contributed by atoms with E-state index in [1.165, 1.54) is 28.0 Å². The second-order valence-electron chi connectivity index (χ2n) is 9.00. The standard InChI is InChI=1S/C28H31N3O3S3/c1-4-34-27(33)24-22-14-13-17(2)15-23(22)37-26(24)31-25(32)18(3)36-21-12-8-11-20(16-21)30-28(35)29-19-9-6-5-7-10-19/h5-12,16-18H,4,13-15H2,1-3H3,(H,31,32)(H2,29,30,35). The summed E-state index contributed by atoms with van der Waals surface area (Å²) in [5.74, 6) is 0.0572. The number of ether oxygens (including phenoxy) is 1. The Hall–Kier alpha value is -2.88.